The van der Waals surface area contributed by atoms with Crippen LogP contribution in [-0.4, -0.2) is 31.2 Å². The molecule has 3 aromatic carbocycles. The van der Waals surface area contributed by atoms with Crippen molar-refractivity contribution in [1.29, 1.82) is 0 Å². The van der Waals surface area contributed by atoms with E-state index in [2.05, 4.69) is 10.6 Å². The zero-order chi connectivity index (χ0) is 19.5. The van der Waals surface area contributed by atoms with E-state index in [1.165, 1.54) is 0 Å². The number of carbonyl (C=O) groups is 2. The number of nitrogens with one attached hydrogen (secondary N) is 2. The second kappa shape index (κ2) is 7.60. The Kier molecular flexibility index (Phi) is 4.85. The lowest BCUT2D eigenvalue weighted by Gasteiger charge is -2.18. The number of benzene rings is 3. The number of carbonyl (C=O) groups excluding carboxylic acids is 2. The van der Waals surface area contributed by atoms with Crippen molar-refractivity contribution in [2.75, 3.05) is 28.7 Å². The first-order valence-corrected chi connectivity index (χ1v) is 9.21. The topological polar surface area (TPSA) is 70.7 Å². The molecule has 0 aromatic heterocycles. The maximum Gasteiger partial charge on any atom is 0.414 e. The van der Waals surface area contributed by atoms with Gasteiger partial charge in [0.05, 0.1) is 6.54 Å². The van der Waals surface area contributed by atoms with Crippen LogP contribution >= 0.6 is 0 Å². The van der Waals surface area contributed by atoms with E-state index in [0.717, 1.165) is 27.8 Å². The monoisotopic (exact) mass is 375 g/mol. The molecule has 1 fully saturated rings. The first-order valence-electron chi connectivity index (χ1n) is 9.21. The average molecular weight is 375 g/mol. The van der Waals surface area contributed by atoms with Crippen molar-refractivity contribution in [1.82, 2.24) is 0 Å². The molecule has 0 radical (unpaired) electrons. The van der Waals surface area contributed by atoms with E-state index >= 15 is 0 Å². The standard InChI is InChI=1S/C22H21N3O3/c1-15(21(26)24-19-10-9-16-5-2-3-6-17(16)13-19)23-18-7-4-8-20(14-18)25-11-12-28-22(25)27/h2-10,13-15,23H,11-12H2,1H3,(H,24,26). The molecule has 1 aliphatic heterocycles. The molecule has 4 rings (SSSR count). The third kappa shape index (κ3) is 3.76. The van der Waals surface area contributed by atoms with Gasteiger partial charge in [0, 0.05) is 17.1 Å². The third-order valence-corrected chi connectivity index (χ3v) is 4.71. The van der Waals surface area contributed by atoms with Gasteiger partial charge in [0.1, 0.15) is 12.6 Å². The van der Waals surface area contributed by atoms with Crippen molar-refractivity contribution in [2.45, 2.75) is 13.0 Å². The van der Waals surface area contributed by atoms with Crippen molar-refractivity contribution in [3.8, 4) is 0 Å². The molecule has 0 bridgehead atoms. The third-order valence-electron chi connectivity index (χ3n) is 4.71. The summed E-state index contributed by atoms with van der Waals surface area (Å²) in [5.74, 6) is -0.138. The lowest BCUT2D eigenvalue weighted by Crippen LogP contribution is -2.32. The summed E-state index contributed by atoms with van der Waals surface area (Å²) < 4.78 is 4.98. The zero-order valence-electron chi connectivity index (χ0n) is 15.5. The van der Waals surface area contributed by atoms with Gasteiger partial charge in [-0.05, 0) is 48.0 Å². The van der Waals surface area contributed by atoms with Gasteiger partial charge in [0.2, 0.25) is 5.91 Å². The molecule has 28 heavy (non-hydrogen) atoms. The first kappa shape index (κ1) is 17.9. The van der Waals surface area contributed by atoms with Crippen LogP contribution in [0.15, 0.2) is 66.7 Å². The van der Waals surface area contributed by atoms with Crippen LogP contribution < -0.4 is 15.5 Å². The summed E-state index contributed by atoms with van der Waals surface area (Å²) in [6.45, 7) is 2.72. The van der Waals surface area contributed by atoms with Crippen LogP contribution in [-0.2, 0) is 9.53 Å². The highest BCUT2D eigenvalue weighted by Gasteiger charge is 2.23. The fourth-order valence-electron chi connectivity index (χ4n) is 3.22. The summed E-state index contributed by atoms with van der Waals surface area (Å²) in [6.07, 6.45) is -0.348. The van der Waals surface area contributed by atoms with E-state index in [1.54, 1.807) is 11.8 Å². The molecule has 142 valence electrons. The van der Waals surface area contributed by atoms with Crippen molar-refractivity contribution < 1.29 is 14.3 Å². The van der Waals surface area contributed by atoms with E-state index in [-0.39, 0.29) is 12.0 Å². The lowest BCUT2D eigenvalue weighted by molar-refractivity contribution is -0.116. The normalized spacial score (nSPS) is 14.6. The van der Waals surface area contributed by atoms with Crippen molar-refractivity contribution in [2.24, 2.45) is 0 Å². The van der Waals surface area contributed by atoms with Gasteiger partial charge in [0.25, 0.3) is 0 Å². The van der Waals surface area contributed by atoms with Gasteiger partial charge in [-0.2, -0.15) is 0 Å². The number of nitrogens with zero attached hydrogens (tertiary/aromatic N) is 1. The molecule has 6 heteroatoms. The summed E-state index contributed by atoms with van der Waals surface area (Å²) in [6, 6.07) is 20.8. The molecule has 1 atom stereocenters. The van der Waals surface area contributed by atoms with Gasteiger partial charge in [0.15, 0.2) is 0 Å². The number of ether oxygens (including phenoxy) is 1. The van der Waals surface area contributed by atoms with Gasteiger partial charge >= 0.3 is 6.09 Å². The van der Waals surface area contributed by atoms with Crippen LogP contribution in [0.2, 0.25) is 0 Å². The van der Waals surface area contributed by atoms with Crippen molar-refractivity contribution >= 4 is 39.8 Å². The minimum absolute atomic E-state index is 0.138. The fraction of sp³-hybridized carbons (Fsp3) is 0.182. The predicted molar refractivity (Wildman–Crippen MR) is 111 cm³/mol. The SMILES string of the molecule is CC(Nc1cccc(N2CCOC2=O)c1)C(=O)Nc1ccc2ccccc2c1. The molecule has 0 aliphatic carbocycles. The van der Waals surface area contributed by atoms with E-state index in [4.69, 9.17) is 4.74 Å². The number of rotatable bonds is 5. The van der Waals surface area contributed by atoms with Crippen LogP contribution in [0.1, 0.15) is 6.92 Å². The molecule has 1 aliphatic rings. The molecule has 0 saturated carbocycles. The Morgan fingerprint density at radius 3 is 2.61 bits per heavy atom. The highest BCUT2D eigenvalue weighted by atomic mass is 16.6. The van der Waals surface area contributed by atoms with Gasteiger partial charge in [-0.25, -0.2) is 4.79 Å². The van der Waals surface area contributed by atoms with Crippen LogP contribution in [0.5, 0.6) is 0 Å². The Hall–Kier alpha value is -3.54. The first-order chi connectivity index (χ1) is 13.6. The smallest absolute Gasteiger partial charge is 0.414 e. The number of hydrogen-bond donors (Lipinski definition) is 2. The summed E-state index contributed by atoms with van der Waals surface area (Å²) >= 11 is 0. The summed E-state index contributed by atoms with van der Waals surface area (Å²) in [5.41, 5.74) is 2.26. The van der Waals surface area contributed by atoms with Gasteiger partial charge in [-0.15, -0.1) is 0 Å². The molecule has 3 aromatic rings. The zero-order valence-corrected chi connectivity index (χ0v) is 15.5. The largest absolute Gasteiger partial charge is 0.447 e. The molecule has 6 nitrogen and oxygen atoms in total. The molecule has 2 amide bonds. The maximum absolute atomic E-state index is 12.6. The number of hydrogen-bond acceptors (Lipinski definition) is 4. The van der Waals surface area contributed by atoms with E-state index in [9.17, 15) is 9.59 Å². The van der Waals surface area contributed by atoms with E-state index in [0.29, 0.717) is 13.2 Å². The molecular weight excluding hydrogens is 354 g/mol. The molecular formula is C22H21N3O3. The average Bonchev–Trinajstić information content (AvgIpc) is 3.14. The molecule has 1 saturated heterocycles. The van der Waals surface area contributed by atoms with Crippen LogP contribution in [0.3, 0.4) is 0 Å². The second-order valence-corrected chi connectivity index (χ2v) is 6.73. The van der Waals surface area contributed by atoms with Gasteiger partial charge in [-0.1, -0.05) is 36.4 Å². The maximum atomic E-state index is 12.6. The molecule has 1 unspecified atom stereocenters. The van der Waals surface area contributed by atoms with E-state index in [1.807, 2.05) is 66.7 Å². The Labute approximate surface area is 163 Å². The van der Waals surface area contributed by atoms with E-state index < -0.39 is 6.04 Å². The van der Waals surface area contributed by atoms with Crippen molar-refractivity contribution in [3.63, 3.8) is 0 Å². The second-order valence-electron chi connectivity index (χ2n) is 6.73. The Balaban J connectivity index is 1.43. The number of amides is 2. The number of fused-ring (bicyclic) bond motifs is 1. The van der Waals surface area contributed by atoms with Crippen LogP contribution in [0.25, 0.3) is 10.8 Å². The quantitative estimate of drug-likeness (QED) is 0.700. The number of anilines is 3. The van der Waals surface area contributed by atoms with Gasteiger partial charge < -0.3 is 15.4 Å². The van der Waals surface area contributed by atoms with Crippen LogP contribution in [0, 0.1) is 0 Å². The Bertz CT molecular complexity index is 1030. The summed E-state index contributed by atoms with van der Waals surface area (Å²) in [5, 5.41) is 8.34. The minimum Gasteiger partial charge on any atom is -0.447 e. The Morgan fingerprint density at radius 1 is 1.00 bits per heavy atom. The Morgan fingerprint density at radius 2 is 1.82 bits per heavy atom. The van der Waals surface area contributed by atoms with Gasteiger partial charge in [-0.3, -0.25) is 9.69 Å². The molecule has 0 spiro atoms. The highest BCUT2D eigenvalue weighted by Crippen LogP contribution is 2.23. The highest BCUT2D eigenvalue weighted by molar-refractivity contribution is 5.98. The molecule has 2 N–H and O–H groups in total. The van der Waals surface area contributed by atoms with Crippen molar-refractivity contribution in [3.05, 3.63) is 66.7 Å². The predicted octanol–water partition coefficient (Wildman–Crippen LogP) is 4.24. The van der Waals surface area contributed by atoms with Crippen LogP contribution in [0.4, 0.5) is 21.9 Å². The summed E-state index contributed by atoms with van der Waals surface area (Å²) in [7, 11) is 0. The number of cyclic esters (lactones) is 1. The summed E-state index contributed by atoms with van der Waals surface area (Å²) in [4.78, 5) is 25.9. The fourth-order valence-corrected chi connectivity index (χ4v) is 3.22. The lowest BCUT2D eigenvalue weighted by atomic mass is 10.1. The molecule has 1 heterocycles. The minimum atomic E-state index is -0.452.